The van der Waals surface area contributed by atoms with Gasteiger partial charge in [0.05, 0.1) is 18.9 Å². The van der Waals surface area contributed by atoms with E-state index in [9.17, 15) is 9.59 Å². The molecule has 2 aromatic carbocycles. The Bertz CT molecular complexity index is 962. The summed E-state index contributed by atoms with van der Waals surface area (Å²) in [7, 11) is 0. The number of benzene rings is 2. The normalized spacial score (nSPS) is 19.8. The van der Waals surface area contributed by atoms with Gasteiger partial charge in [0.25, 0.3) is 0 Å². The van der Waals surface area contributed by atoms with Crippen LogP contribution in [0.4, 0.5) is 5.69 Å². The zero-order chi connectivity index (χ0) is 23.0. The third-order valence-corrected chi connectivity index (χ3v) is 5.25. The molecule has 0 amide bonds. The molecule has 0 unspecified atom stereocenters. The third-order valence-electron chi connectivity index (χ3n) is 5.25. The second kappa shape index (κ2) is 10.7. The van der Waals surface area contributed by atoms with E-state index in [-0.39, 0.29) is 19.6 Å². The number of anilines is 1. The predicted octanol–water partition coefficient (Wildman–Crippen LogP) is 4.02. The van der Waals surface area contributed by atoms with Gasteiger partial charge in [-0.2, -0.15) is 0 Å². The largest absolute Gasteiger partial charge is 0.465 e. The number of rotatable bonds is 7. The minimum Gasteiger partial charge on any atom is -0.465 e. The van der Waals surface area contributed by atoms with Crippen molar-refractivity contribution >= 4 is 23.7 Å². The molecule has 166 valence electrons. The molecular weight excluding hydrogens is 406 g/mol. The number of carbonyl (C=O) groups excluding carboxylic acids is 2. The first-order valence-electron chi connectivity index (χ1n) is 10.6. The minimum absolute atomic E-state index is 0.0612. The number of hydroxylamine groups is 1. The summed E-state index contributed by atoms with van der Waals surface area (Å²) in [6.07, 6.45) is 8.42. The van der Waals surface area contributed by atoms with Gasteiger partial charge >= 0.3 is 11.9 Å². The van der Waals surface area contributed by atoms with E-state index in [0.29, 0.717) is 5.69 Å². The Morgan fingerprint density at radius 3 is 2.16 bits per heavy atom. The molecule has 1 fully saturated rings. The van der Waals surface area contributed by atoms with Crippen molar-refractivity contribution in [3.8, 4) is 12.3 Å². The van der Waals surface area contributed by atoms with Crippen LogP contribution < -0.4 is 5.06 Å². The van der Waals surface area contributed by atoms with Gasteiger partial charge in [-0.25, -0.2) is 5.06 Å². The van der Waals surface area contributed by atoms with Gasteiger partial charge in [0.15, 0.2) is 5.41 Å². The van der Waals surface area contributed by atoms with Crippen LogP contribution in [0.1, 0.15) is 25.8 Å². The quantitative estimate of drug-likeness (QED) is 0.373. The highest BCUT2D eigenvalue weighted by molar-refractivity contribution is 6.02. The van der Waals surface area contributed by atoms with Crippen LogP contribution in [-0.4, -0.2) is 37.3 Å². The average molecular weight is 434 g/mol. The van der Waals surface area contributed by atoms with Crippen molar-refractivity contribution in [2.75, 3.05) is 18.3 Å². The highest BCUT2D eigenvalue weighted by Crippen LogP contribution is 2.43. The van der Waals surface area contributed by atoms with Gasteiger partial charge in [-0.1, -0.05) is 66.6 Å². The predicted molar refractivity (Wildman–Crippen MR) is 122 cm³/mol. The smallest absolute Gasteiger partial charge is 0.326 e. The van der Waals surface area contributed by atoms with E-state index >= 15 is 0 Å². The fourth-order valence-electron chi connectivity index (χ4n) is 3.76. The molecule has 3 rings (SSSR count). The summed E-state index contributed by atoms with van der Waals surface area (Å²) >= 11 is 0. The first-order valence-corrected chi connectivity index (χ1v) is 10.6. The molecular formula is C26H27NO5. The van der Waals surface area contributed by atoms with E-state index in [1.165, 1.54) is 5.06 Å². The monoisotopic (exact) mass is 433 g/mol. The molecule has 0 aromatic heterocycles. The summed E-state index contributed by atoms with van der Waals surface area (Å²) in [4.78, 5) is 32.8. The van der Waals surface area contributed by atoms with Crippen LogP contribution in [0.2, 0.25) is 0 Å². The van der Waals surface area contributed by atoms with E-state index < -0.39 is 29.5 Å². The lowest BCUT2D eigenvalue weighted by Gasteiger charge is -2.47. The van der Waals surface area contributed by atoms with Gasteiger partial charge in [-0.15, -0.1) is 6.42 Å². The Morgan fingerprint density at radius 1 is 1.06 bits per heavy atom. The number of terminal acetylenes is 1. The Hall–Kier alpha value is -3.56. The molecule has 0 aliphatic carbocycles. The fourth-order valence-corrected chi connectivity index (χ4v) is 3.76. The Morgan fingerprint density at radius 2 is 1.62 bits per heavy atom. The zero-order valence-electron chi connectivity index (χ0n) is 18.3. The maximum absolute atomic E-state index is 13.4. The van der Waals surface area contributed by atoms with Gasteiger partial charge in [-0.3, -0.25) is 14.4 Å². The van der Waals surface area contributed by atoms with Crippen molar-refractivity contribution in [1.82, 2.24) is 0 Å². The maximum atomic E-state index is 13.4. The molecule has 0 saturated carbocycles. The molecule has 0 bridgehead atoms. The van der Waals surface area contributed by atoms with Crippen molar-refractivity contribution in [2.45, 2.75) is 32.4 Å². The van der Waals surface area contributed by atoms with E-state index in [1.807, 2.05) is 66.7 Å². The molecule has 6 heteroatoms. The first-order chi connectivity index (χ1) is 15.6. The van der Waals surface area contributed by atoms with E-state index in [0.717, 1.165) is 5.56 Å². The first kappa shape index (κ1) is 23.1. The molecule has 6 nitrogen and oxygen atoms in total. The molecule has 1 aliphatic rings. The van der Waals surface area contributed by atoms with Gasteiger partial charge < -0.3 is 9.47 Å². The summed E-state index contributed by atoms with van der Waals surface area (Å²) in [6.45, 7) is 3.61. The summed E-state index contributed by atoms with van der Waals surface area (Å²) in [5, 5.41) is 1.52. The lowest BCUT2D eigenvalue weighted by atomic mass is 9.73. The van der Waals surface area contributed by atoms with Crippen molar-refractivity contribution < 1.29 is 23.9 Å². The number of nitrogens with zero attached hydrogens (tertiary/aromatic N) is 1. The van der Waals surface area contributed by atoms with Crippen molar-refractivity contribution in [2.24, 2.45) is 5.41 Å². The van der Waals surface area contributed by atoms with E-state index in [1.54, 1.807) is 19.9 Å². The fraction of sp³-hybridized carbons (Fsp3) is 0.308. The second-order valence-electron chi connectivity index (χ2n) is 7.25. The van der Waals surface area contributed by atoms with Crippen LogP contribution in [0.5, 0.6) is 0 Å². The minimum atomic E-state index is -1.71. The van der Waals surface area contributed by atoms with Crippen molar-refractivity contribution in [1.29, 1.82) is 0 Å². The molecule has 0 spiro atoms. The van der Waals surface area contributed by atoms with Crippen LogP contribution in [0, 0.1) is 17.8 Å². The van der Waals surface area contributed by atoms with Crippen LogP contribution >= 0.6 is 0 Å². The molecule has 0 radical (unpaired) electrons. The lowest BCUT2D eigenvalue weighted by Crippen LogP contribution is -2.62. The molecule has 2 atom stereocenters. The Kier molecular flexibility index (Phi) is 7.69. The van der Waals surface area contributed by atoms with Crippen LogP contribution in [0.25, 0.3) is 6.08 Å². The summed E-state index contributed by atoms with van der Waals surface area (Å²) in [6, 6.07) is 17.9. The molecule has 2 aromatic rings. The number of hydrogen-bond donors (Lipinski definition) is 0. The van der Waals surface area contributed by atoms with E-state index in [2.05, 4.69) is 5.92 Å². The average Bonchev–Trinajstić information content (AvgIpc) is 2.83. The highest BCUT2D eigenvalue weighted by atomic mass is 16.7. The molecule has 1 saturated heterocycles. The van der Waals surface area contributed by atoms with Crippen LogP contribution in [-0.2, 0) is 23.9 Å². The van der Waals surface area contributed by atoms with Gasteiger partial charge in [-0.05, 0) is 31.5 Å². The summed E-state index contributed by atoms with van der Waals surface area (Å²) in [5.74, 6) is 1.16. The molecule has 1 heterocycles. The molecule has 1 aliphatic heterocycles. The molecule has 0 N–H and O–H groups in total. The number of para-hydroxylation sites is 1. The summed E-state index contributed by atoms with van der Waals surface area (Å²) in [5.41, 5.74) is -0.156. The maximum Gasteiger partial charge on any atom is 0.326 e. The number of hydrogen-bond acceptors (Lipinski definition) is 6. The van der Waals surface area contributed by atoms with Gasteiger partial charge in [0, 0.05) is 6.42 Å². The number of ether oxygens (including phenoxy) is 2. The summed E-state index contributed by atoms with van der Waals surface area (Å²) < 4.78 is 10.8. The third kappa shape index (κ3) is 4.68. The SMILES string of the molecule is C#C[C@H]1CC(C(=O)OCC)(C(=O)OCC)[C@@H](/C=C/c2ccccc2)N(c2ccccc2)O1. The standard InChI is InChI=1S/C26H27NO5/c1-4-22-19-26(24(28)30-5-2,25(29)31-6-3)23(18-17-20-13-9-7-10-14-20)27(32-22)21-15-11-8-12-16-21/h1,7-18,22-23H,5-6,19H2,2-3H3/b18-17+/t22-,23+/m0/s1. The lowest BCUT2D eigenvalue weighted by molar-refractivity contribution is -0.183. The Labute approximate surface area is 188 Å². The van der Waals surface area contributed by atoms with Crippen molar-refractivity contribution in [3.05, 3.63) is 72.3 Å². The highest BCUT2D eigenvalue weighted by Gasteiger charge is 2.60. The van der Waals surface area contributed by atoms with Crippen LogP contribution in [0.3, 0.4) is 0 Å². The number of carbonyl (C=O) groups is 2. The van der Waals surface area contributed by atoms with Gasteiger partial charge in [0.2, 0.25) is 0 Å². The van der Waals surface area contributed by atoms with Crippen molar-refractivity contribution in [3.63, 3.8) is 0 Å². The van der Waals surface area contributed by atoms with E-state index in [4.69, 9.17) is 20.7 Å². The topological polar surface area (TPSA) is 65.1 Å². The van der Waals surface area contributed by atoms with Crippen LogP contribution in [0.15, 0.2) is 66.7 Å². The van der Waals surface area contributed by atoms with Gasteiger partial charge in [0.1, 0.15) is 12.1 Å². The zero-order valence-corrected chi connectivity index (χ0v) is 18.3. The molecule has 32 heavy (non-hydrogen) atoms. The Balaban J connectivity index is 2.19. The second-order valence-corrected chi connectivity index (χ2v) is 7.25. The number of esters is 2.